The molecule has 3 aromatic rings. The maximum absolute atomic E-state index is 13.4. The molecule has 5 amide bonds. The van der Waals surface area contributed by atoms with Gasteiger partial charge in [-0.25, -0.2) is 4.79 Å². The summed E-state index contributed by atoms with van der Waals surface area (Å²) < 4.78 is 5.82. The van der Waals surface area contributed by atoms with Crippen LogP contribution in [-0.2, 0) is 9.59 Å². The minimum atomic E-state index is -0.399. The van der Waals surface area contributed by atoms with E-state index in [-0.39, 0.29) is 35.6 Å². The van der Waals surface area contributed by atoms with Crippen LogP contribution in [0.1, 0.15) is 55.5 Å². The number of urea groups is 1. The first-order valence-electron chi connectivity index (χ1n) is 16.4. The number of hydrogen-bond acceptors (Lipinski definition) is 7. The lowest BCUT2D eigenvalue weighted by Crippen LogP contribution is -2.45. The van der Waals surface area contributed by atoms with Crippen LogP contribution < -0.4 is 31.9 Å². The standard InChI is InChI=1S/C34H43N7O5/c35-31(42)23-10-8-22(9-11-23)21-37-34(45)38-25-12-13-28(40-15-4-16-41(18-17-40)33(44)26-6-3-14-36-26)27(20-25)39-32(43)30-19-24-5-1-2-7-29(24)46-30/h1-2,5,7,12-13,19-20,22-23,26,36H,3-4,6,8-11,14-18,21H2,(H2,35,42)(H,39,43)(H2,37,38,45). The van der Waals surface area contributed by atoms with E-state index in [0.717, 1.165) is 62.6 Å². The largest absolute Gasteiger partial charge is 0.451 e. The van der Waals surface area contributed by atoms with Crippen LogP contribution in [0.15, 0.2) is 52.9 Å². The second kappa shape index (κ2) is 14.2. The van der Waals surface area contributed by atoms with E-state index in [1.807, 2.05) is 41.3 Å². The van der Waals surface area contributed by atoms with Gasteiger partial charge < -0.3 is 41.2 Å². The van der Waals surface area contributed by atoms with E-state index in [2.05, 4.69) is 26.2 Å². The molecular formula is C34H43N7O5. The molecule has 0 radical (unpaired) electrons. The first-order chi connectivity index (χ1) is 22.3. The molecule has 0 spiro atoms. The molecule has 46 heavy (non-hydrogen) atoms. The molecule has 244 valence electrons. The Kier molecular flexibility index (Phi) is 9.72. The zero-order chi connectivity index (χ0) is 32.0. The first-order valence-corrected chi connectivity index (χ1v) is 16.4. The lowest BCUT2D eigenvalue weighted by Gasteiger charge is -2.27. The third-order valence-electron chi connectivity index (χ3n) is 9.46. The van der Waals surface area contributed by atoms with Crippen LogP contribution in [0.5, 0.6) is 0 Å². The molecule has 3 aliphatic rings. The number of benzene rings is 2. The number of nitrogens with one attached hydrogen (secondary N) is 4. The second-order valence-corrected chi connectivity index (χ2v) is 12.6. The zero-order valence-corrected chi connectivity index (χ0v) is 26.1. The first kappa shape index (κ1) is 31.4. The number of nitrogens with two attached hydrogens (primary N) is 1. The van der Waals surface area contributed by atoms with Gasteiger partial charge in [0.05, 0.1) is 17.4 Å². The Morgan fingerprint density at radius 2 is 1.72 bits per heavy atom. The molecule has 3 fully saturated rings. The molecule has 1 aromatic heterocycles. The number of carbonyl (C=O) groups excluding carboxylic acids is 4. The summed E-state index contributed by atoms with van der Waals surface area (Å²) in [6, 6.07) is 14.2. The number of furan rings is 1. The van der Waals surface area contributed by atoms with Crippen LogP contribution in [0.2, 0.25) is 0 Å². The number of para-hydroxylation sites is 1. The summed E-state index contributed by atoms with van der Waals surface area (Å²) in [6.45, 7) is 3.96. The van der Waals surface area contributed by atoms with Crippen molar-refractivity contribution in [2.24, 2.45) is 17.6 Å². The number of amides is 5. The molecule has 12 heteroatoms. The van der Waals surface area contributed by atoms with Crippen LogP contribution in [0, 0.1) is 11.8 Å². The zero-order valence-electron chi connectivity index (χ0n) is 26.1. The number of nitrogens with zero attached hydrogens (tertiary/aromatic N) is 2. The fraction of sp³-hybridized carbons (Fsp3) is 0.471. The van der Waals surface area contributed by atoms with Crippen LogP contribution >= 0.6 is 0 Å². The van der Waals surface area contributed by atoms with Crippen LogP contribution in [0.25, 0.3) is 11.0 Å². The van der Waals surface area contributed by atoms with Gasteiger partial charge >= 0.3 is 6.03 Å². The van der Waals surface area contributed by atoms with Crippen molar-refractivity contribution < 1.29 is 23.6 Å². The van der Waals surface area contributed by atoms with Gasteiger partial charge in [-0.05, 0) is 87.7 Å². The lowest BCUT2D eigenvalue weighted by molar-refractivity contribution is -0.132. The van der Waals surface area contributed by atoms with Crippen molar-refractivity contribution in [1.29, 1.82) is 0 Å². The molecule has 1 atom stereocenters. The number of fused-ring (bicyclic) bond motifs is 1. The van der Waals surface area contributed by atoms with Gasteiger partial charge in [0.1, 0.15) is 5.58 Å². The molecule has 2 saturated heterocycles. The molecule has 2 aliphatic heterocycles. The fourth-order valence-corrected chi connectivity index (χ4v) is 6.83. The summed E-state index contributed by atoms with van der Waals surface area (Å²) in [5.41, 5.74) is 7.93. The maximum Gasteiger partial charge on any atom is 0.319 e. The Morgan fingerprint density at radius 3 is 2.48 bits per heavy atom. The molecule has 1 unspecified atom stereocenters. The van der Waals surface area contributed by atoms with Crippen molar-refractivity contribution in [2.75, 3.05) is 54.8 Å². The van der Waals surface area contributed by atoms with Gasteiger partial charge in [-0.3, -0.25) is 14.4 Å². The van der Waals surface area contributed by atoms with Crippen molar-refractivity contribution in [3.8, 4) is 0 Å². The molecular weight excluding hydrogens is 586 g/mol. The molecule has 2 aromatic carbocycles. The van der Waals surface area contributed by atoms with Gasteiger partial charge in [0, 0.05) is 49.7 Å². The molecule has 6 N–H and O–H groups in total. The normalized spacial score (nSPS) is 21.9. The van der Waals surface area contributed by atoms with Crippen LogP contribution in [0.3, 0.4) is 0 Å². The van der Waals surface area contributed by atoms with Gasteiger partial charge in [-0.15, -0.1) is 0 Å². The number of primary amides is 1. The van der Waals surface area contributed by atoms with E-state index in [1.54, 1.807) is 12.1 Å². The molecule has 1 aliphatic carbocycles. The second-order valence-electron chi connectivity index (χ2n) is 12.6. The van der Waals surface area contributed by atoms with Gasteiger partial charge in [0.2, 0.25) is 11.8 Å². The van der Waals surface area contributed by atoms with Crippen LogP contribution in [0.4, 0.5) is 21.9 Å². The van der Waals surface area contributed by atoms with Gasteiger partial charge in [-0.1, -0.05) is 18.2 Å². The molecule has 1 saturated carbocycles. The minimum Gasteiger partial charge on any atom is -0.451 e. The third kappa shape index (κ3) is 7.44. The molecule has 0 bridgehead atoms. The molecule has 3 heterocycles. The molecule has 12 nitrogen and oxygen atoms in total. The van der Waals surface area contributed by atoms with Crippen molar-refractivity contribution in [3.05, 3.63) is 54.3 Å². The van der Waals surface area contributed by atoms with Crippen molar-refractivity contribution >= 4 is 51.8 Å². The van der Waals surface area contributed by atoms with Crippen molar-refractivity contribution in [1.82, 2.24) is 15.5 Å². The maximum atomic E-state index is 13.4. The average molecular weight is 630 g/mol. The summed E-state index contributed by atoms with van der Waals surface area (Å²) in [6.07, 6.45) is 5.86. The highest BCUT2D eigenvalue weighted by molar-refractivity contribution is 6.07. The summed E-state index contributed by atoms with van der Waals surface area (Å²) in [5.74, 6) is -0.0850. The third-order valence-corrected chi connectivity index (χ3v) is 9.46. The Bertz CT molecular complexity index is 1540. The minimum absolute atomic E-state index is 0.0751. The number of carbonyl (C=O) groups is 4. The highest BCUT2D eigenvalue weighted by Gasteiger charge is 2.29. The smallest absolute Gasteiger partial charge is 0.319 e. The van der Waals surface area contributed by atoms with Crippen molar-refractivity contribution in [2.45, 2.75) is 51.0 Å². The highest BCUT2D eigenvalue weighted by atomic mass is 16.3. The summed E-state index contributed by atoms with van der Waals surface area (Å²) in [7, 11) is 0. The van der Waals surface area contributed by atoms with E-state index in [0.29, 0.717) is 55.6 Å². The van der Waals surface area contributed by atoms with Crippen molar-refractivity contribution in [3.63, 3.8) is 0 Å². The summed E-state index contributed by atoms with van der Waals surface area (Å²) in [4.78, 5) is 55.0. The summed E-state index contributed by atoms with van der Waals surface area (Å²) in [5, 5.41) is 13.0. The SMILES string of the molecule is NC(=O)C1CCC(CNC(=O)Nc2ccc(N3CCCN(C(=O)C4CCCN4)CC3)c(NC(=O)c3cc4ccccc4o3)c2)CC1. The fourth-order valence-electron chi connectivity index (χ4n) is 6.83. The lowest BCUT2D eigenvalue weighted by atomic mass is 9.82. The predicted molar refractivity (Wildman–Crippen MR) is 177 cm³/mol. The average Bonchev–Trinajstić information content (AvgIpc) is 3.70. The van der Waals surface area contributed by atoms with E-state index in [1.165, 1.54) is 0 Å². The molecule has 6 rings (SSSR count). The number of anilines is 3. The van der Waals surface area contributed by atoms with E-state index < -0.39 is 5.91 Å². The summed E-state index contributed by atoms with van der Waals surface area (Å²) >= 11 is 0. The Labute approximate surface area is 268 Å². The topological polar surface area (TPSA) is 162 Å². The predicted octanol–water partition coefficient (Wildman–Crippen LogP) is 3.89. The quantitative estimate of drug-likeness (QED) is 0.253. The Hall–Kier alpha value is -4.58. The highest BCUT2D eigenvalue weighted by Crippen LogP contribution is 2.32. The van der Waals surface area contributed by atoms with Gasteiger partial charge in [-0.2, -0.15) is 0 Å². The Morgan fingerprint density at radius 1 is 0.891 bits per heavy atom. The number of hydrogen-bond donors (Lipinski definition) is 5. The van der Waals surface area contributed by atoms with Gasteiger partial charge in [0.25, 0.3) is 5.91 Å². The van der Waals surface area contributed by atoms with E-state index in [4.69, 9.17) is 10.2 Å². The number of rotatable bonds is 8. The van der Waals surface area contributed by atoms with Gasteiger partial charge in [0.15, 0.2) is 5.76 Å². The monoisotopic (exact) mass is 629 g/mol. The van der Waals surface area contributed by atoms with E-state index >= 15 is 0 Å². The Balaban J connectivity index is 1.15. The van der Waals surface area contributed by atoms with Crippen LogP contribution in [-0.4, -0.2) is 74.0 Å². The van der Waals surface area contributed by atoms with E-state index in [9.17, 15) is 19.2 Å².